The third kappa shape index (κ3) is 5.91. The Labute approximate surface area is 191 Å². The van der Waals surface area contributed by atoms with Gasteiger partial charge in [-0.2, -0.15) is 22.0 Å². The van der Waals surface area contributed by atoms with E-state index in [-0.39, 0.29) is 17.5 Å². The molecule has 0 saturated carbocycles. The van der Waals surface area contributed by atoms with Crippen LogP contribution in [0.2, 0.25) is 0 Å². The molecule has 0 aliphatic carbocycles. The highest BCUT2D eigenvalue weighted by atomic mass is 19.3. The summed E-state index contributed by atoms with van der Waals surface area (Å²) < 4.78 is 79.6. The largest absolute Gasteiger partial charge is 0.461 e. The van der Waals surface area contributed by atoms with E-state index >= 15 is 0 Å². The molecule has 184 valence electrons. The molecule has 3 rings (SSSR count). The van der Waals surface area contributed by atoms with Crippen LogP contribution < -0.4 is 4.74 Å². The van der Waals surface area contributed by atoms with E-state index in [0.29, 0.717) is 0 Å². The minimum Gasteiger partial charge on any atom is -0.443 e. The van der Waals surface area contributed by atoms with Crippen molar-refractivity contribution in [1.82, 2.24) is 9.88 Å². The van der Waals surface area contributed by atoms with Crippen LogP contribution in [0.1, 0.15) is 38.0 Å². The van der Waals surface area contributed by atoms with Crippen LogP contribution in [0.15, 0.2) is 42.6 Å². The smallest absolute Gasteiger partial charge is 0.443 e. The van der Waals surface area contributed by atoms with Crippen LogP contribution in [0, 0.1) is 5.95 Å². The number of alkyl halides is 4. The van der Waals surface area contributed by atoms with Gasteiger partial charge in [-0.1, -0.05) is 12.1 Å². The Morgan fingerprint density at radius 1 is 1.21 bits per heavy atom. The van der Waals surface area contributed by atoms with Gasteiger partial charge >= 0.3 is 24.7 Å². The van der Waals surface area contributed by atoms with E-state index in [9.17, 15) is 31.5 Å². The van der Waals surface area contributed by atoms with Gasteiger partial charge in [0.15, 0.2) is 6.10 Å². The van der Waals surface area contributed by atoms with Crippen molar-refractivity contribution in [1.29, 1.82) is 0 Å². The lowest BCUT2D eigenvalue weighted by molar-refractivity contribution is -0.253. The molecule has 34 heavy (non-hydrogen) atoms. The monoisotopic (exact) mass is 488 g/mol. The molecule has 0 N–H and O–H groups in total. The van der Waals surface area contributed by atoms with Gasteiger partial charge in [0, 0.05) is 11.8 Å². The Hall–Kier alpha value is -3.44. The molecule has 0 bridgehead atoms. The lowest BCUT2D eigenvalue weighted by Gasteiger charge is -2.27. The highest BCUT2D eigenvalue weighted by Gasteiger charge is 2.48. The number of carbonyl (C=O) groups is 2. The van der Waals surface area contributed by atoms with Crippen molar-refractivity contribution in [3.8, 4) is 5.75 Å². The van der Waals surface area contributed by atoms with Gasteiger partial charge in [-0.3, -0.25) is 0 Å². The Morgan fingerprint density at radius 3 is 2.50 bits per heavy atom. The minimum atomic E-state index is -4.71. The highest BCUT2D eigenvalue weighted by Crippen LogP contribution is 2.36. The topological polar surface area (TPSA) is 78.0 Å². The number of aromatic nitrogens is 1. The molecule has 2 aromatic rings. The Morgan fingerprint density at radius 2 is 1.91 bits per heavy atom. The second kappa shape index (κ2) is 9.43. The van der Waals surface area contributed by atoms with Crippen LogP contribution in [0.5, 0.6) is 5.75 Å². The van der Waals surface area contributed by atoms with Crippen LogP contribution in [-0.2, 0) is 15.9 Å². The van der Waals surface area contributed by atoms with Gasteiger partial charge in [-0.05, 0) is 57.0 Å². The first-order chi connectivity index (χ1) is 15.8. The molecule has 0 radical (unpaired) electrons. The van der Waals surface area contributed by atoms with Crippen LogP contribution in [0.3, 0.4) is 0 Å². The number of amides is 2. The van der Waals surface area contributed by atoms with Gasteiger partial charge in [0.05, 0.1) is 6.04 Å². The first kappa shape index (κ1) is 25.2. The molecule has 1 saturated heterocycles. The van der Waals surface area contributed by atoms with Crippen molar-refractivity contribution in [3.05, 3.63) is 59.7 Å². The number of hydrogen-bond donors (Lipinski definition) is 0. The molecule has 0 spiro atoms. The van der Waals surface area contributed by atoms with E-state index in [1.807, 2.05) is 0 Å². The fourth-order valence-electron chi connectivity index (χ4n) is 3.26. The summed E-state index contributed by atoms with van der Waals surface area (Å²) in [5, 5.41) is 0. The van der Waals surface area contributed by atoms with Crippen LogP contribution in [0.25, 0.3) is 0 Å². The van der Waals surface area contributed by atoms with Gasteiger partial charge in [0.25, 0.3) is 0 Å². The van der Waals surface area contributed by atoms with Gasteiger partial charge in [-0.25, -0.2) is 19.5 Å². The lowest BCUT2D eigenvalue weighted by atomic mass is 9.96. The van der Waals surface area contributed by atoms with Crippen molar-refractivity contribution < 1.29 is 45.8 Å². The summed E-state index contributed by atoms with van der Waals surface area (Å²) in [5.74, 6) is -1.32. The number of hydrogen-bond acceptors (Lipinski definition) is 6. The number of cyclic esters (lactones) is 1. The molecular formula is C22H21F5N2O5. The SMILES string of the molecule is CC(C)(C)OC(=O)N1C(=O)OC(c2ccc(F)nc2)C1Cc1cccc(OC(F)(F)C(F)F)c1. The standard InChI is InChI=1S/C22H21F5N2O5/c1-21(2,3)34-20(31)29-15(17(32-19(29)30)13-7-8-16(23)28-11-13)10-12-5-4-6-14(9-12)33-22(26,27)18(24)25/h4-9,11,15,17-18H,10H2,1-3H3. The molecule has 1 aliphatic rings. The van der Waals surface area contributed by atoms with Gasteiger partial charge in [0.2, 0.25) is 5.95 Å². The zero-order valence-electron chi connectivity index (χ0n) is 18.3. The number of halogens is 5. The van der Waals surface area contributed by atoms with E-state index < -0.39 is 54.2 Å². The zero-order valence-corrected chi connectivity index (χ0v) is 18.3. The first-order valence-corrected chi connectivity index (χ1v) is 10.0. The fraction of sp³-hybridized carbons (Fsp3) is 0.409. The summed E-state index contributed by atoms with van der Waals surface area (Å²) >= 11 is 0. The fourth-order valence-corrected chi connectivity index (χ4v) is 3.26. The molecule has 2 atom stereocenters. The van der Waals surface area contributed by atoms with Crippen LogP contribution in [-0.4, -0.2) is 46.2 Å². The first-order valence-electron chi connectivity index (χ1n) is 10.0. The van der Waals surface area contributed by atoms with Crippen molar-refractivity contribution in [3.63, 3.8) is 0 Å². The van der Waals surface area contributed by atoms with Crippen molar-refractivity contribution in [2.75, 3.05) is 0 Å². The molecule has 2 unspecified atom stereocenters. The molecule has 2 amide bonds. The average molecular weight is 488 g/mol. The maximum absolute atomic E-state index is 13.3. The third-order valence-electron chi connectivity index (χ3n) is 4.63. The van der Waals surface area contributed by atoms with E-state index in [1.54, 1.807) is 20.8 Å². The van der Waals surface area contributed by atoms with E-state index in [0.717, 1.165) is 29.3 Å². The average Bonchev–Trinajstić information content (AvgIpc) is 3.03. The number of benzene rings is 1. The minimum absolute atomic E-state index is 0.148. The molecule has 1 fully saturated rings. The molecule has 2 heterocycles. The van der Waals surface area contributed by atoms with Gasteiger partial charge in [-0.15, -0.1) is 0 Å². The predicted molar refractivity (Wildman–Crippen MR) is 107 cm³/mol. The Bertz CT molecular complexity index is 1040. The van der Waals surface area contributed by atoms with E-state index in [4.69, 9.17) is 9.47 Å². The molecule has 1 aromatic heterocycles. The van der Waals surface area contributed by atoms with Crippen LogP contribution in [0.4, 0.5) is 31.5 Å². The number of rotatable bonds is 6. The normalized spacial score (nSPS) is 18.7. The zero-order chi connectivity index (χ0) is 25.3. The Balaban J connectivity index is 1.94. The number of ether oxygens (including phenoxy) is 3. The third-order valence-corrected chi connectivity index (χ3v) is 4.63. The van der Waals surface area contributed by atoms with Crippen molar-refractivity contribution in [2.45, 2.75) is 57.5 Å². The number of carbonyl (C=O) groups excluding carboxylic acids is 2. The summed E-state index contributed by atoms with van der Waals surface area (Å²) in [5.41, 5.74) is -0.423. The van der Waals surface area contributed by atoms with Gasteiger partial charge < -0.3 is 14.2 Å². The quantitative estimate of drug-likeness (QED) is 0.395. The molecule has 1 aliphatic heterocycles. The summed E-state index contributed by atoms with van der Waals surface area (Å²) in [4.78, 5) is 29.6. The molecule has 1 aromatic carbocycles. The number of imide groups is 1. The molecular weight excluding hydrogens is 467 g/mol. The number of pyridine rings is 1. The summed E-state index contributed by atoms with van der Waals surface area (Å²) in [6, 6.07) is 6.18. The van der Waals surface area contributed by atoms with Crippen molar-refractivity contribution >= 4 is 12.2 Å². The maximum atomic E-state index is 13.3. The van der Waals surface area contributed by atoms with Gasteiger partial charge in [0.1, 0.15) is 11.4 Å². The maximum Gasteiger partial charge on any atom is 0.461 e. The van der Waals surface area contributed by atoms with Crippen molar-refractivity contribution in [2.24, 2.45) is 0 Å². The van der Waals surface area contributed by atoms with E-state index in [2.05, 4.69) is 9.72 Å². The van der Waals surface area contributed by atoms with Crippen LogP contribution >= 0.6 is 0 Å². The van der Waals surface area contributed by atoms with E-state index in [1.165, 1.54) is 18.2 Å². The number of nitrogens with zero attached hydrogens (tertiary/aromatic N) is 2. The second-order valence-corrected chi connectivity index (χ2v) is 8.45. The summed E-state index contributed by atoms with van der Waals surface area (Å²) in [6.07, 6.45) is -10.9. The lowest BCUT2D eigenvalue weighted by Crippen LogP contribution is -2.43. The molecule has 7 nitrogen and oxygen atoms in total. The Kier molecular flexibility index (Phi) is 6.99. The summed E-state index contributed by atoms with van der Waals surface area (Å²) in [7, 11) is 0. The highest BCUT2D eigenvalue weighted by molar-refractivity contribution is 5.90. The molecule has 12 heteroatoms. The second-order valence-electron chi connectivity index (χ2n) is 8.45. The summed E-state index contributed by atoms with van der Waals surface area (Å²) in [6.45, 7) is 4.77. The predicted octanol–water partition coefficient (Wildman–Crippen LogP) is 5.50.